The molecule has 5 nitrogen and oxygen atoms in total. The van der Waals surface area contributed by atoms with Gasteiger partial charge in [0.05, 0.1) is 27.8 Å². The van der Waals surface area contributed by atoms with Crippen molar-refractivity contribution >= 4 is 115 Å². The van der Waals surface area contributed by atoms with Crippen molar-refractivity contribution < 1.29 is 0 Å². The number of nitrogens with zero attached hydrogens (tertiary/aromatic N) is 5. The Hall–Kier alpha value is -7.24. The first-order chi connectivity index (χ1) is 26.3. The molecular weight excluding hydrogens is 647 g/mol. The molecule has 0 aliphatic heterocycles. The van der Waals surface area contributed by atoms with Gasteiger partial charge in [-0.15, -0.1) is 0 Å². The number of anilines is 3. The zero-order valence-electron chi connectivity index (χ0n) is 28.3. The van der Waals surface area contributed by atoms with Gasteiger partial charge in [-0.3, -0.25) is 8.80 Å². The molecule has 0 aliphatic carbocycles. The summed E-state index contributed by atoms with van der Waals surface area (Å²) < 4.78 is 4.76. The summed E-state index contributed by atoms with van der Waals surface area (Å²) in [7, 11) is 0. The van der Waals surface area contributed by atoms with Gasteiger partial charge in [-0.2, -0.15) is 0 Å². The van der Waals surface area contributed by atoms with E-state index >= 15 is 0 Å². The molecule has 0 bridgehead atoms. The molecule has 0 unspecified atom stereocenters. The fourth-order valence-corrected chi connectivity index (χ4v) is 9.41. The number of rotatable bonds is 3. The summed E-state index contributed by atoms with van der Waals surface area (Å²) in [5.41, 5.74) is 11.5. The first kappa shape index (κ1) is 27.5. The van der Waals surface area contributed by atoms with Gasteiger partial charge in [0, 0.05) is 43.7 Å². The third kappa shape index (κ3) is 3.37. The zero-order chi connectivity index (χ0) is 34.4. The van der Waals surface area contributed by atoms with Crippen LogP contribution in [0.5, 0.6) is 0 Å². The van der Waals surface area contributed by atoms with E-state index in [9.17, 15) is 0 Å². The second-order valence-corrected chi connectivity index (χ2v) is 14.2. The van der Waals surface area contributed by atoms with E-state index in [2.05, 4.69) is 177 Å². The summed E-state index contributed by atoms with van der Waals surface area (Å²) in [5.74, 6) is 0. The Morgan fingerprint density at radius 3 is 1.62 bits per heavy atom. The molecule has 13 rings (SSSR count). The molecule has 8 aromatic carbocycles. The third-order valence-electron chi connectivity index (χ3n) is 11.5. The lowest BCUT2D eigenvalue weighted by Gasteiger charge is -2.27. The number of para-hydroxylation sites is 4. The van der Waals surface area contributed by atoms with E-state index in [1.54, 1.807) is 0 Å². The Morgan fingerprint density at radius 2 is 0.906 bits per heavy atom. The highest BCUT2D eigenvalue weighted by atomic mass is 15.2. The number of fused-ring (bicyclic) bond motifs is 16. The van der Waals surface area contributed by atoms with Gasteiger partial charge in [0.15, 0.2) is 11.3 Å². The van der Waals surface area contributed by atoms with Crippen molar-refractivity contribution in [2.24, 2.45) is 0 Å². The fourth-order valence-electron chi connectivity index (χ4n) is 9.41. The van der Waals surface area contributed by atoms with Crippen molar-refractivity contribution in [1.29, 1.82) is 0 Å². The maximum atomic E-state index is 5.71. The van der Waals surface area contributed by atoms with Crippen LogP contribution >= 0.6 is 0 Å². The smallest absolute Gasteiger partial charge is 0.165 e. The van der Waals surface area contributed by atoms with E-state index in [0.717, 1.165) is 66.7 Å². The van der Waals surface area contributed by atoms with Crippen LogP contribution in [0.3, 0.4) is 0 Å². The van der Waals surface area contributed by atoms with Crippen LogP contribution < -0.4 is 4.90 Å². The summed E-state index contributed by atoms with van der Waals surface area (Å²) in [6, 6.07) is 58.9. The molecule has 0 spiro atoms. The molecule has 244 valence electrons. The maximum absolute atomic E-state index is 5.71. The van der Waals surface area contributed by atoms with E-state index in [0.29, 0.717) is 0 Å². The predicted octanol–water partition coefficient (Wildman–Crippen LogP) is 12.6. The van der Waals surface area contributed by atoms with E-state index in [-0.39, 0.29) is 0 Å². The molecule has 0 amide bonds. The average Bonchev–Trinajstić information content (AvgIpc) is 3.94. The summed E-state index contributed by atoms with van der Waals surface area (Å²) in [4.78, 5) is 13.7. The third-order valence-corrected chi connectivity index (χ3v) is 11.5. The van der Waals surface area contributed by atoms with Gasteiger partial charge in [-0.05, 0) is 64.0 Å². The van der Waals surface area contributed by atoms with Crippen molar-refractivity contribution in [2.75, 3.05) is 4.90 Å². The molecule has 5 aromatic heterocycles. The van der Waals surface area contributed by atoms with Crippen LogP contribution in [-0.2, 0) is 0 Å². The number of hydrogen-bond acceptors (Lipinski definition) is 3. The van der Waals surface area contributed by atoms with Gasteiger partial charge in [-0.1, -0.05) is 121 Å². The van der Waals surface area contributed by atoms with Crippen molar-refractivity contribution in [1.82, 2.24) is 18.8 Å². The number of benzene rings is 8. The lowest BCUT2D eigenvalue weighted by atomic mass is 10.0. The molecule has 0 saturated heterocycles. The van der Waals surface area contributed by atoms with Crippen molar-refractivity contribution in [3.05, 3.63) is 164 Å². The molecule has 0 radical (unpaired) electrons. The van der Waals surface area contributed by atoms with E-state index in [4.69, 9.17) is 9.97 Å². The Balaban J connectivity index is 1.27. The lowest BCUT2D eigenvalue weighted by Crippen LogP contribution is -2.11. The molecule has 0 aliphatic rings. The van der Waals surface area contributed by atoms with Crippen molar-refractivity contribution in [2.45, 2.75) is 0 Å². The minimum atomic E-state index is 0.874. The Morgan fingerprint density at radius 1 is 0.377 bits per heavy atom. The monoisotopic (exact) mass is 673 g/mol. The lowest BCUT2D eigenvalue weighted by molar-refractivity contribution is 1.23. The molecule has 0 saturated carbocycles. The minimum Gasteiger partial charge on any atom is -0.308 e. The van der Waals surface area contributed by atoms with Crippen molar-refractivity contribution in [3.8, 4) is 0 Å². The van der Waals surface area contributed by atoms with Gasteiger partial charge in [0.1, 0.15) is 11.0 Å². The highest BCUT2D eigenvalue weighted by molar-refractivity contribution is 6.33. The van der Waals surface area contributed by atoms with Crippen LogP contribution in [0.4, 0.5) is 17.1 Å². The molecular formula is C48H27N5. The molecule has 0 atom stereocenters. The standard InChI is InChI=1S/C48H27N5/c1-3-16-30(17-4-1)51(31-18-5-2-6-19-31)39-27-29-15-8-10-21-33(29)41-35-23-13-24-36-42-48(53(44(35)36)46(39)41)50-43-37-26-28-14-7-9-20-32(28)40-34-22-11-12-25-38(34)52(45(37)40)47(43)49-42/h1-27H. The van der Waals surface area contributed by atoms with Gasteiger partial charge < -0.3 is 4.90 Å². The van der Waals surface area contributed by atoms with Gasteiger partial charge in [-0.25, -0.2) is 9.97 Å². The van der Waals surface area contributed by atoms with E-state index in [1.165, 1.54) is 48.6 Å². The normalized spacial score (nSPS) is 12.5. The highest BCUT2D eigenvalue weighted by Crippen LogP contribution is 2.49. The van der Waals surface area contributed by atoms with Gasteiger partial charge >= 0.3 is 0 Å². The van der Waals surface area contributed by atoms with Gasteiger partial charge in [0.25, 0.3) is 0 Å². The van der Waals surface area contributed by atoms with Crippen LogP contribution in [0.2, 0.25) is 0 Å². The molecule has 5 heterocycles. The van der Waals surface area contributed by atoms with Crippen LogP contribution in [0.15, 0.2) is 164 Å². The molecule has 13 aromatic rings. The first-order valence-electron chi connectivity index (χ1n) is 18.1. The quantitative estimate of drug-likeness (QED) is 0.187. The maximum Gasteiger partial charge on any atom is 0.165 e. The fraction of sp³-hybridized carbons (Fsp3) is 0. The molecule has 0 N–H and O–H groups in total. The van der Waals surface area contributed by atoms with Crippen molar-refractivity contribution in [3.63, 3.8) is 0 Å². The molecule has 53 heavy (non-hydrogen) atoms. The summed E-state index contributed by atoms with van der Waals surface area (Å²) >= 11 is 0. The zero-order valence-corrected chi connectivity index (χ0v) is 28.3. The number of hydrogen-bond donors (Lipinski definition) is 0. The summed E-state index contributed by atoms with van der Waals surface area (Å²) in [6.45, 7) is 0. The Labute approximate surface area is 301 Å². The first-order valence-corrected chi connectivity index (χ1v) is 18.1. The molecule has 5 heteroatoms. The topological polar surface area (TPSA) is 37.8 Å². The summed E-state index contributed by atoms with van der Waals surface area (Å²) in [6.07, 6.45) is 0. The summed E-state index contributed by atoms with van der Waals surface area (Å²) in [5, 5.41) is 12.1. The second-order valence-electron chi connectivity index (χ2n) is 14.2. The SMILES string of the molecule is c1ccc(N(c2ccccc2)c2cc3ccccc3c3c4cccc5c6nc7c(nc6n(c23)c54)c2cc3ccccc3c3c4ccccc4n7c23)cc1. The minimum absolute atomic E-state index is 0.874. The Kier molecular flexibility index (Phi) is 5.06. The largest absolute Gasteiger partial charge is 0.308 e. The second kappa shape index (κ2) is 9.75. The molecule has 0 fully saturated rings. The van der Waals surface area contributed by atoms with Gasteiger partial charge in [0.2, 0.25) is 0 Å². The van der Waals surface area contributed by atoms with Crippen LogP contribution in [-0.4, -0.2) is 18.8 Å². The van der Waals surface area contributed by atoms with E-state index < -0.39 is 0 Å². The number of aromatic nitrogens is 4. The average molecular weight is 674 g/mol. The Bertz CT molecular complexity index is 3580. The van der Waals surface area contributed by atoms with Crippen LogP contribution in [0, 0.1) is 0 Å². The van der Waals surface area contributed by atoms with Crippen LogP contribution in [0.1, 0.15) is 0 Å². The van der Waals surface area contributed by atoms with Crippen LogP contribution in [0.25, 0.3) is 98.3 Å². The predicted molar refractivity (Wildman–Crippen MR) is 221 cm³/mol. The van der Waals surface area contributed by atoms with E-state index in [1.807, 2.05) is 0 Å². The highest BCUT2D eigenvalue weighted by Gasteiger charge is 2.28.